The number of esters is 7. The molecule has 2 heterocycles. The average Bonchev–Trinajstić information content (AvgIpc) is 0.806. The monoisotopic (exact) mass is 1290 g/mol. The molecule has 18 nitrogen and oxygen atoms in total. The van der Waals surface area contributed by atoms with Gasteiger partial charge in [-0.25, -0.2) is 4.79 Å². The number of ether oxygens (including phenoxy) is 10. The van der Waals surface area contributed by atoms with Crippen LogP contribution in [0.3, 0.4) is 0 Å². The van der Waals surface area contributed by atoms with Gasteiger partial charge in [-0.2, -0.15) is 0 Å². The van der Waals surface area contributed by atoms with Crippen LogP contribution in [-0.2, 0) is 76.1 Å². The largest absolute Gasteiger partial charge is 0.463 e. The summed E-state index contributed by atoms with van der Waals surface area (Å²) in [6.07, 6.45) is 15.0. The van der Waals surface area contributed by atoms with Crippen molar-refractivity contribution in [2.45, 2.75) is 373 Å². The Morgan fingerprint density at radius 2 is 0.626 bits per heavy atom. The van der Waals surface area contributed by atoms with Gasteiger partial charge in [-0.05, 0) is 50.7 Å². The van der Waals surface area contributed by atoms with E-state index in [9.17, 15) is 38.7 Å². The van der Waals surface area contributed by atoms with Crippen molar-refractivity contribution in [2.75, 3.05) is 13.2 Å². The number of aliphatic hydroxyl groups excluding tert-OH is 1. The highest BCUT2D eigenvalue weighted by Gasteiger charge is 2.58. The molecule has 2 aliphatic heterocycles. The molecule has 2 fully saturated rings. The topological polar surface area (TPSA) is 232 Å². The van der Waals surface area contributed by atoms with Crippen molar-refractivity contribution in [2.24, 2.45) is 0 Å². The first kappa shape index (κ1) is 80.6. The molecule has 0 saturated carbocycles. The number of hydrogen-bond donors (Lipinski definition) is 1. The summed E-state index contributed by atoms with van der Waals surface area (Å²) < 4.78 is 63.6. The van der Waals surface area contributed by atoms with Crippen molar-refractivity contribution in [1.29, 1.82) is 0 Å². The van der Waals surface area contributed by atoms with Gasteiger partial charge in [0.05, 0.1) is 5.56 Å². The molecular weight excluding hydrogens is 1160 g/mol. The van der Waals surface area contributed by atoms with E-state index in [0.717, 1.165) is 193 Å². The molecule has 0 unspecified atom stereocenters. The fraction of sp³-hybridized carbons (Fsp3) is 0.822. The number of unbranched alkanes of at least 4 members (excludes halogenated alkanes) is 30. The van der Waals surface area contributed by atoms with Crippen molar-refractivity contribution in [3.63, 3.8) is 0 Å². The van der Waals surface area contributed by atoms with E-state index in [1.807, 2.05) is 0 Å². The summed E-state index contributed by atoms with van der Waals surface area (Å²) in [5, 5.41) is 12.0. The number of benzene rings is 1. The number of carbonyl (C=O) groups excluding carboxylic acids is 7. The lowest BCUT2D eigenvalue weighted by Crippen LogP contribution is -2.67. The minimum atomic E-state index is -1.93. The summed E-state index contributed by atoms with van der Waals surface area (Å²) in [6.45, 7) is 11.6. The van der Waals surface area contributed by atoms with Crippen LogP contribution in [0.1, 0.15) is 322 Å². The lowest BCUT2D eigenvalue weighted by Gasteiger charge is -2.48. The number of carbonyl (C=O) groups is 7. The van der Waals surface area contributed by atoms with Gasteiger partial charge < -0.3 is 52.5 Å². The van der Waals surface area contributed by atoms with Crippen molar-refractivity contribution >= 4 is 41.8 Å². The molecule has 522 valence electrons. The Morgan fingerprint density at radius 3 is 0.989 bits per heavy atom. The summed E-state index contributed by atoms with van der Waals surface area (Å²) in [5.41, 5.74) is 0.142. The van der Waals surface area contributed by atoms with Gasteiger partial charge in [0.25, 0.3) is 0 Å². The molecule has 0 amide bonds. The summed E-state index contributed by atoms with van der Waals surface area (Å²) in [5.74, 6) is -4.77. The van der Waals surface area contributed by atoms with Crippen LogP contribution >= 0.6 is 0 Å². The second kappa shape index (κ2) is 51.7. The van der Waals surface area contributed by atoms with Gasteiger partial charge in [-0.15, -0.1) is 0 Å². The third-order valence-corrected chi connectivity index (χ3v) is 17.0. The number of aliphatic hydroxyl groups is 1. The molecule has 3 rings (SSSR count). The van der Waals surface area contributed by atoms with Crippen LogP contribution in [0.15, 0.2) is 30.3 Å². The van der Waals surface area contributed by atoms with Gasteiger partial charge in [-0.3, -0.25) is 28.8 Å². The predicted molar refractivity (Wildman–Crippen MR) is 349 cm³/mol. The Bertz CT molecular complexity index is 2090. The summed E-state index contributed by atoms with van der Waals surface area (Å²) in [4.78, 5) is 98.8. The maximum absolute atomic E-state index is 14.5. The van der Waals surface area contributed by atoms with Crippen LogP contribution in [0, 0.1) is 0 Å². The van der Waals surface area contributed by atoms with Gasteiger partial charge in [0.2, 0.25) is 0 Å². The van der Waals surface area contributed by atoms with E-state index in [2.05, 4.69) is 41.5 Å². The first-order valence-electron chi connectivity index (χ1n) is 36.3. The van der Waals surface area contributed by atoms with Crippen LogP contribution in [0.25, 0.3) is 0 Å². The smallest absolute Gasteiger partial charge is 0.338 e. The van der Waals surface area contributed by atoms with E-state index in [-0.39, 0.29) is 44.1 Å². The van der Waals surface area contributed by atoms with E-state index in [1.165, 1.54) is 0 Å². The first-order chi connectivity index (χ1) is 44.3. The molecule has 1 aromatic rings. The first-order valence-corrected chi connectivity index (χ1v) is 36.3. The minimum absolute atomic E-state index is 0.0186. The van der Waals surface area contributed by atoms with Crippen LogP contribution < -0.4 is 0 Å². The molecule has 0 radical (unpaired) electrons. The summed E-state index contributed by atoms with van der Waals surface area (Å²) >= 11 is 0. The SMILES string of the molecule is CCCCCCCCC(=O)OC[C@H]1O[C@@H](O)[C@H](OC(=O)CCCCCCCC)[C@@H](OC(=O)CCCCCCCC)[C@@H]1O[C@@H]1O[C@H](COC(=O)CCCCCCCC)[C@@H](OC(=O)c2ccccc2)[C@H](OC(=O)CCCCCCCC)[C@H]1OC(=O)CCCCCCCC. The average molecular weight is 1290 g/mol. The second-order valence-corrected chi connectivity index (χ2v) is 25.2. The van der Waals surface area contributed by atoms with Gasteiger partial charge >= 0.3 is 41.8 Å². The predicted octanol–water partition coefficient (Wildman–Crippen LogP) is 16.3. The highest BCUT2D eigenvalue weighted by molar-refractivity contribution is 5.89. The molecule has 2 aliphatic rings. The van der Waals surface area contributed by atoms with Crippen LogP contribution in [0.2, 0.25) is 0 Å². The molecule has 18 heteroatoms. The molecule has 0 aliphatic carbocycles. The van der Waals surface area contributed by atoms with Gasteiger partial charge in [-0.1, -0.05) is 252 Å². The Hall–Kier alpha value is -4.65. The zero-order valence-corrected chi connectivity index (χ0v) is 57.2. The third-order valence-electron chi connectivity index (χ3n) is 17.0. The second-order valence-electron chi connectivity index (χ2n) is 25.2. The van der Waals surface area contributed by atoms with Gasteiger partial charge in [0, 0.05) is 38.5 Å². The van der Waals surface area contributed by atoms with Crippen LogP contribution in [0.5, 0.6) is 0 Å². The standard InChI is InChI=1S/C73H122O18/c1-7-13-19-25-31-40-48-59(74)82-54-57-66(67(86-61(76)50-42-33-27-21-15-9-3)69(72(81)84-57)88-63(78)52-44-35-29-23-17-11-5)91-73-70(89-64(79)53-45-36-30-24-18-12-6)68(87-62(77)51-43-34-28-22-16-10-4)65(90-71(80)56-46-38-37-39-47-56)58(85-73)55-83-60(75)49-41-32-26-20-14-8-2/h37-39,46-47,57-58,65-70,72-73,81H,7-36,40-45,48-55H2,1-6H3/t57-,58-,65-,66-,67+,68+,69-,70-,72-,73+/m1/s1. The van der Waals surface area contributed by atoms with E-state index in [0.29, 0.717) is 38.5 Å². The maximum atomic E-state index is 14.5. The molecule has 0 aromatic heterocycles. The maximum Gasteiger partial charge on any atom is 0.338 e. The Kier molecular flexibility index (Phi) is 45.8. The Labute approximate surface area is 547 Å². The van der Waals surface area contributed by atoms with E-state index in [1.54, 1.807) is 30.3 Å². The molecule has 0 spiro atoms. The fourth-order valence-electron chi connectivity index (χ4n) is 11.5. The molecule has 10 atom stereocenters. The lowest BCUT2D eigenvalue weighted by atomic mass is 9.95. The zero-order valence-electron chi connectivity index (χ0n) is 57.2. The van der Waals surface area contributed by atoms with E-state index in [4.69, 9.17) is 47.4 Å². The van der Waals surface area contributed by atoms with E-state index < -0.39 is 116 Å². The molecule has 1 aromatic carbocycles. The highest BCUT2D eigenvalue weighted by atomic mass is 16.8. The molecule has 0 bridgehead atoms. The Balaban J connectivity index is 2.30. The summed E-state index contributed by atoms with van der Waals surface area (Å²) in [7, 11) is 0. The number of hydrogen-bond acceptors (Lipinski definition) is 18. The van der Waals surface area contributed by atoms with Crippen LogP contribution in [-0.4, -0.2) is 122 Å². The fourth-order valence-corrected chi connectivity index (χ4v) is 11.5. The van der Waals surface area contributed by atoms with Crippen molar-refractivity contribution in [3.05, 3.63) is 35.9 Å². The number of rotatable bonds is 54. The van der Waals surface area contributed by atoms with Gasteiger partial charge in [0.1, 0.15) is 31.5 Å². The van der Waals surface area contributed by atoms with Crippen molar-refractivity contribution < 1.29 is 86.0 Å². The lowest BCUT2D eigenvalue weighted by molar-refractivity contribution is -0.357. The van der Waals surface area contributed by atoms with Crippen molar-refractivity contribution in [3.8, 4) is 0 Å². The quantitative estimate of drug-likeness (QED) is 0.0363. The molecule has 1 N–H and O–H groups in total. The molecule has 2 saturated heterocycles. The third kappa shape index (κ3) is 35.4. The van der Waals surface area contributed by atoms with Gasteiger partial charge in [0.15, 0.2) is 43.1 Å². The Morgan fingerprint density at radius 1 is 0.330 bits per heavy atom. The molecular formula is C73H122O18. The van der Waals surface area contributed by atoms with Crippen molar-refractivity contribution in [1.82, 2.24) is 0 Å². The molecule has 91 heavy (non-hydrogen) atoms. The van der Waals surface area contributed by atoms with E-state index >= 15 is 0 Å². The zero-order chi connectivity index (χ0) is 66.1. The highest BCUT2D eigenvalue weighted by Crippen LogP contribution is 2.36. The normalized spacial score (nSPS) is 21.4. The van der Waals surface area contributed by atoms with Crippen LogP contribution in [0.4, 0.5) is 0 Å². The minimum Gasteiger partial charge on any atom is -0.463 e. The summed E-state index contributed by atoms with van der Waals surface area (Å²) in [6, 6.07) is 8.15.